The first-order valence-electron chi connectivity index (χ1n) is 7.57. The van der Waals surface area contributed by atoms with Crippen molar-refractivity contribution in [2.75, 3.05) is 0 Å². The van der Waals surface area contributed by atoms with Gasteiger partial charge in [-0.25, -0.2) is 0 Å². The normalized spacial score (nSPS) is 23.0. The molecule has 0 bridgehead atoms. The fourth-order valence-electron chi connectivity index (χ4n) is 2.92. The second-order valence-corrected chi connectivity index (χ2v) is 7.21. The van der Waals surface area contributed by atoms with Crippen molar-refractivity contribution in [2.24, 2.45) is 5.41 Å². The monoisotopic (exact) mass is 362 g/mol. The third-order valence-corrected chi connectivity index (χ3v) is 4.94. The molecule has 3 nitrogen and oxygen atoms in total. The molecule has 3 rings (SSSR count). The smallest absolute Gasteiger partial charge is 0.319 e. The van der Waals surface area contributed by atoms with E-state index in [1.54, 1.807) is 32.0 Å². The molecular formula is C19H16Cl2O3. The van der Waals surface area contributed by atoms with Crippen molar-refractivity contribution in [3.05, 3.63) is 69.7 Å². The summed E-state index contributed by atoms with van der Waals surface area (Å²) in [6.45, 7) is 3.18. The average molecular weight is 363 g/mol. The Bertz CT molecular complexity index is 800. The number of halogens is 2. The van der Waals surface area contributed by atoms with Gasteiger partial charge in [-0.3, -0.25) is 9.59 Å². The van der Waals surface area contributed by atoms with E-state index in [1.807, 2.05) is 30.3 Å². The number of carbonyl (C=O) groups is 2. The number of ether oxygens (including phenoxy) is 1. The molecule has 24 heavy (non-hydrogen) atoms. The van der Waals surface area contributed by atoms with Crippen LogP contribution in [0.1, 0.15) is 37.0 Å². The van der Waals surface area contributed by atoms with Crippen molar-refractivity contribution < 1.29 is 14.3 Å². The highest BCUT2D eigenvalue weighted by atomic mass is 35.5. The molecule has 0 aliphatic carbocycles. The summed E-state index contributed by atoms with van der Waals surface area (Å²) in [6.07, 6.45) is -0.773. The van der Waals surface area contributed by atoms with Crippen LogP contribution in [0.25, 0.3) is 0 Å². The van der Waals surface area contributed by atoms with Crippen molar-refractivity contribution in [3.8, 4) is 0 Å². The van der Waals surface area contributed by atoms with Crippen molar-refractivity contribution in [1.29, 1.82) is 0 Å². The van der Waals surface area contributed by atoms with E-state index in [-0.39, 0.29) is 5.78 Å². The van der Waals surface area contributed by atoms with Gasteiger partial charge in [0.25, 0.3) is 0 Å². The molecule has 2 unspecified atom stereocenters. The van der Waals surface area contributed by atoms with Crippen LogP contribution in [-0.2, 0) is 14.3 Å². The molecule has 0 aromatic heterocycles. The molecule has 2 aromatic carbocycles. The number of esters is 1. The zero-order chi connectivity index (χ0) is 17.5. The minimum atomic E-state index is -1.20. The van der Waals surface area contributed by atoms with Crippen LogP contribution < -0.4 is 0 Å². The molecule has 1 saturated heterocycles. The summed E-state index contributed by atoms with van der Waals surface area (Å²) in [5, 5.41) is 0.850. The molecule has 0 saturated carbocycles. The Labute approximate surface area is 150 Å². The maximum absolute atomic E-state index is 13.0. The van der Waals surface area contributed by atoms with Gasteiger partial charge in [0.1, 0.15) is 11.5 Å². The molecule has 1 aliphatic heterocycles. The first kappa shape index (κ1) is 17.0. The zero-order valence-electron chi connectivity index (χ0n) is 13.3. The zero-order valence-corrected chi connectivity index (χ0v) is 14.8. The predicted octanol–water partition coefficient (Wildman–Crippen LogP) is 4.97. The SMILES string of the molecule is CC1(C)C(=O)OC(c2ccc(Cl)cc2Cl)C(c2ccccc2)C1=O. The van der Waals surface area contributed by atoms with Crippen LogP contribution in [0.5, 0.6) is 0 Å². The minimum absolute atomic E-state index is 0.180. The molecule has 0 amide bonds. The van der Waals surface area contributed by atoms with Crippen LogP contribution >= 0.6 is 23.2 Å². The van der Waals surface area contributed by atoms with Gasteiger partial charge >= 0.3 is 5.97 Å². The summed E-state index contributed by atoms with van der Waals surface area (Å²) in [7, 11) is 0. The van der Waals surface area contributed by atoms with E-state index in [0.29, 0.717) is 15.6 Å². The number of rotatable bonds is 2. The topological polar surface area (TPSA) is 43.4 Å². The van der Waals surface area contributed by atoms with Crippen LogP contribution in [0, 0.1) is 5.41 Å². The lowest BCUT2D eigenvalue weighted by molar-refractivity contribution is -0.174. The Hall–Kier alpha value is -1.84. The van der Waals surface area contributed by atoms with Gasteiger partial charge in [0, 0.05) is 15.6 Å². The molecule has 2 atom stereocenters. The highest BCUT2D eigenvalue weighted by molar-refractivity contribution is 6.35. The van der Waals surface area contributed by atoms with E-state index in [4.69, 9.17) is 27.9 Å². The number of hydrogen-bond donors (Lipinski definition) is 0. The van der Waals surface area contributed by atoms with Crippen molar-refractivity contribution in [2.45, 2.75) is 25.9 Å². The number of benzene rings is 2. The Balaban J connectivity index is 2.14. The lowest BCUT2D eigenvalue weighted by atomic mass is 9.72. The van der Waals surface area contributed by atoms with Gasteiger partial charge in [0.05, 0.1) is 5.92 Å². The van der Waals surface area contributed by atoms with Gasteiger partial charge in [-0.1, -0.05) is 59.6 Å². The number of ketones is 1. The number of carbonyl (C=O) groups excluding carboxylic acids is 2. The lowest BCUT2D eigenvalue weighted by Gasteiger charge is -2.38. The Morgan fingerprint density at radius 3 is 2.29 bits per heavy atom. The van der Waals surface area contributed by atoms with Crippen LogP contribution in [0.3, 0.4) is 0 Å². The fourth-order valence-corrected chi connectivity index (χ4v) is 3.44. The number of Topliss-reactive ketones (excluding diaryl/α,β-unsaturated/α-hetero) is 1. The van der Waals surface area contributed by atoms with Gasteiger partial charge in [0.15, 0.2) is 5.78 Å². The fraction of sp³-hybridized carbons (Fsp3) is 0.263. The van der Waals surface area contributed by atoms with E-state index in [1.165, 1.54) is 0 Å². The molecule has 0 radical (unpaired) electrons. The Morgan fingerprint density at radius 1 is 1.00 bits per heavy atom. The molecular weight excluding hydrogens is 347 g/mol. The molecule has 5 heteroatoms. The maximum Gasteiger partial charge on any atom is 0.319 e. The van der Waals surface area contributed by atoms with Gasteiger partial charge in [-0.05, 0) is 31.5 Å². The largest absolute Gasteiger partial charge is 0.456 e. The second-order valence-electron chi connectivity index (χ2n) is 6.37. The quantitative estimate of drug-likeness (QED) is 0.559. The van der Waals surface area contributed by atoms with E-state index in [9.17, 15) is 9.59 Å². The second kappa shape index (κ2) is 6.23. The van der Waals surface area contributed by atoms with Gasteiger partial charge in [-0.15, -0.1) is 0 Å². The first-order chi connectivity index (χ1) is 11.3. The molecule has 1 aliphatic rings. The summed E-state index contributed by atoms with van der Waals surface area (Å²) >= 11 is 12.2. The number of cyclic esters (lactones) is 1. The van der Waals surface area contributed by atoms with Crippen LogP contribution in [0.2, 0.25) is 10.0 Å². The van der Waals surface area contributed by atoms with Crippen molar-refractivity contribution in [3.63, 3.8) is 0 Å². The summed E-state index contributed by atoms with van der Waals surface area (Å²) < 4.78 is 5.66. The molecule has 0 N–H and O–H groups in total. The summed E-state index contributed by atoms with van der Waals surface area (Å²) in [4.78, 5) is 25.4. The highest BCUT2D eigenvalue weighted by Crippen LogP contribution is 2.46. The van der Waals surface area contributed by atoms with E-state index >= 15 is 0 Å². The standard InChI is InChI=1S/C19H16Cl2O3/c1-19(2)17(22)15(11-6-4-3-5-7-11)16(24-18(19)23)13-9-8-12(20)10-14(13)21/h3-10,15-16H,1-2H3. The highest BCUT2D eigenvalue weighted by Gasteiger charge is 2.51. The Morgan fingerprint density at radius 2 is 1.67 bits per heavy atom. The third kappa shape index (κ3) is 2.83. The van der Waals surface area contributed by atoms with Crippen molar-refractivity contribution >= 4 is 35.0 Å². The van der Waals surface area contributed by atoms with Gasteiger partial charge < -0.3 is 4.74 Å². The van der Waals surface area contributed by atoms with Gasteiger partial charge in [0.2, 0.25) is 0 Å². The molecule has 1 fully saturated rings. The number of hydrogen-bond acceptors (Lipinski definition) is 3. The molecule has 1 heterocycles. The summed E-state index contributed by atoms with van der Waals surface area (Å²) in [6, 6.07) is 14.2. The van der Waals surface area contributed by atoms with E-state index < -0.39 is 23.4 Å². The van der Waals surface area contributed by atoms with Crippen molar-refractivity contribution in [1.82, 2.24) is 0 Å². The van der Waals surface area contributed by atoms with Gasteiger partial charge in [-0.2, -0.15) is 0 Å². The van der Waals surface area contributed by atoms with Crippen LogP contribution in [0.4, 0.5) is 0 Å². The predicted molar refractivity (Wildman–Crippen MR) is 93.3 cm³/mol. The van der Waals surface area contributed by atoms with Crippen LogP contribution in [-0.4, -0.2) is 11.8 Å². The molecule has 0 spiro atoms. The van der Waals surface area contributed by atoms with E-state index in [0.717, 1.165) is 5.56 Å². The van der Waals surface area contributed by atoms with E-state index in [2.05, 4.69) is 0 Å². The molecule has 124 valence electrons. The first-order valence-corrected chi connectivity index (χ1v) is 8.33. The minimum Gasteiger partial charge on any atom is -0.456 e. The molecule has 2 aromatic rings. The maximum atomic E-state index is 13.0. The van der Waals surface area contributed by atoms with Crippen LogP contribution in [0.15, 0.2) is 48.5 Å². The summed E-state index contributed by atoms with van der Waals surface area (Å²) in [5.74, 6) is -1.34. The third-order valence-electron chi connectivity index (χ3n) is 4.37. The average Bonchev–Trinajstić information content (AvgIpc) is 2.54. The Kier molecular flexibility index (Phi) is 4.41. The summed E-state index contributed by atoms with van der Waals surface area (Å²) in [5.41, 5.74) is 0.168. The lowest BCUT2D eigenvalue weighted by Crippen LogP contribution is -2.46.